The Morgan fingerprint density at radius 2 is 2.27 bits per heavy atom. The molecule has 0 aromatic carbocycles. The van der Waals surface area contributed by atoms with Crippen molar-refractivity contribution in [1.29, 1.82) is 0 Å². The zero-order valence-corrected chi connectivity index (χ0v) is 14.2. The molecule has 0 radical (unpaired) electrons. The molecule has 118 valence electrons. The maximum atomic E-state index is 12.6. The maximum Gasteiger partial charge on any atom is 0.227 e. The molecule has 2 aromatic rings. The van der Waals surface area contributed by atoms with Gasteiger partial charge in [0.2, 0.25) is 5.91 Å². The van der Waals surface area contributed by atoms with Gasteiger partial charge >= 0.3 is 0 Å². The quantitative estimate of drug-likeness (QED) is 0.873. The molecule has 1 atom stereocenters. The van der Waals surface area contributed by atoms with Crippen LogP contribution in [0.4, 0.5) is 0 Å². The Bertz CT molecular complexity index is 675. The molecule has 3 heterocycles. The molecule has 2 aromatic heterocycles. The van der Waals surface area contributed by atoms with Crippen LogP contribution in [0.2, 0.25) is 0 Å². The highest BCUT2D eigenvalue weighted by atomic mass is 32.1. The van der Waals surface area contributed by atoms with Crippen LogP contribution >= 0.6 is 11.3 Å². The minimum atomic E-state index is 0.214. The first-order valence-electron chi connectivity index (χ1n) is 7.72. The van der Waals surface area contributed by atoms with Gasteiger partial charge in [-0.25, -0.2) is 9.97 Å². The second kappa shape index (κ2) is 6.20. The van der Waals surface area contributed by atoms with Crippen molar-refractivity contribution in [3.63, 3.8) is 0 Å². The highest BCUT2D eigenvalue weighted by molar-refractivity contribution is 7.11. The number of thiazole rings is 1. The number of hydrogen-bond acceptors (Lipinski definition) is 4. The van der Waals surface area contributed by atoms with Crippen LogP contribution in [-0.2, 0) is 18.3 Å². The van der Waals surface area contributed by atoms with E-state index in [9.17, 15) is 4.79 Å². The van der Waals surface area contributed by atoms with Gasteiger partial charge in [0.25, 0.3) is 0 Å². The predicted molar refractivity (Wildman–Crippen MR) is 87.1 cm³/mol. The van der Waals surface area contributed by atoms with Crippen LogP contribution in [0.25, 0.3) is 0 Å². The highest BCUT2D eigenvalue weighted by Gasteiger charge is 2.27. The summed E-state index contributed by atoms with van der Waals surface area (Å²) >= 11 is 1.63. The molecular formula is C16H22N4OS. The molecule has 5 nitrogen and oxygen atoms in total. The Balaban J connectivity index is 1.68. The summed E-state index contributed by atoms with van der Waals surface area (Å²) in [4.78, 5) is 24.6. The second-order valence-electron chi connectivity index (χ2n) is 5.99. The number of piperidine rings is 1. The van der Waals surface area contributed by atoms with Crippen molar-refractivity contribution >= 4 is 17.2 Å². The molecule has 0 aliphatic carbocycles. The molecule has 1 aliphatic rings. The fourth-order valence-electron chi connectivity index (χ4n) is 3.17. The largest absolute Gasteiger partial charge is 0.342 e. The zero-order valence-electron chi connectivity index (χ0n) is 13.4. The third-order valence-corrected chi connectivity index (χ3v) is 5.38. The number of imidazole rings is 1. The summed E-state index contributed by atoms with van der Waals surface area (Å²) < 4.78 is 2.06. The first-order chi connectivity index (χ1) is 10.5. The predicted octanol–water partition coefficient (Wildman–Crippen LogP) is 2.44. The molecule has 1 saturated heterocycles. The van der Waals surface area contributed by atoms with Crippen molar-refractivity contribution in [2.45, 2.75) is 39.0 Å². The topological polar surface area (TPSA) is 51.0 Å². The van der Waals surface area contributed by atoms with Crippen molar-refractivity contribution < 1.29 is 4.79 Å². The summed E-state index contributed by atoms with van der Waals surface area (Å²) in [6, 6.07) is 0. The summed E-state index contributed by atoms with van der Waals surface area (Å²) in [5.41, 5.74) is 0.994. The monoisotopic (exact) mass is 318 g/mol. The van der Waals surface area contributed by atoms with Crippen molar-refractivity contribution in [2.24, 2.45) is 7.05 Å². The van der Waals surface area contributed by atoms with Crippen LogP contribution in [0.1, 0.15) is 40.2 Å². The second-order valence-corrected chi connectivity index (χ2v) is 7.28. The number of aromatic nitrogens is 3. The van der Waals surface area contributed by atoms with E-state index < -0.39 is 0 Å². The molecule has 3 rings (SSSR count). The van der Waals surface area contributed by atoms with Crippen LogP contribution < -0.4 is 0 Å². The molecule has 0 bridgehead atoms. The van der Waals surface area contributed by atoms with Crippen LogP contribution in [0, 0.1) is 13.8 Å². The number of carbonyl (C=O) groups is 1. The van der Waals surface area contributed by atoms with Crippen LogP contribution in [-0.4, -0.2) is 38.4 Å². The van der Waals surface area contributed by atoms with Crippen molar-refractivity contribution in [3.8, 4) is 0 Å². The standard InChI is InChI=1S/C16H22N4OS/c1-11-14(22-12(2)18-11)9-15(21)20-7-4-5-13(10-20)16-17-6-8-19(16)3/h6,8,13H,4-5,7,9-10H2,1-3H3/t13-/m0/s1. The van der Waals surface area contributed by atoms with Gasteiger partial charge in [-0.15, -0.1) is 11.3 Å². The van der Waals surface area contributed by atoms with E-state index in [-0.39, 0.29) is 5.91 Å². The highest BCUT2D eigenvalue weighted by Crippen LogP contribution is 2.26. The van der Waals surface area contributed by atoms with Gasteiger partial charge in [-0.2, -0.15) is 0 Å². The lowest BCUT2D eigenvalue weighted by Gasteiger charge is -2.32. The summed E-state index contributed by atoms with van der Waals surface area (Å²) in [7, 11) is 2.02. The number of likely N-dealkylation sites (tertiary alicyclic amines) is 1. The summed E-state index contributed by atoms with van der Waals surface area (Å²) in [5.74, 6) is 1.65. The average molecular weight is 318 g/mol. The Labute approximate surface area is 135 Å². The number of rotatable bonds is 3. The fourth-order valence-corrected chi connectivity index (χ4v) is 4.10. The van der Waals surface area contributed by atoms with E-state index in [0.717, 1.165) is 47.3 Å². The van der Waals surface area contributed by atoms with Gasteiger partial charge in [-0.05, 0) is 26.7 Å². The minimum Gasteiger partial charge on any atom is -0.342 e. The summed E-state index contributed by atoms with van der Waals surface area (Å²) in [6.07, 6.45) is 6.43. The number of aryl methyl sites for hydroxylation is 3. The summed E-state index contributed by atoms with van der Waals surface area (Å²) in [6.45, 7) is 5.61. The molecule has 0 unspecified atom stereocenters. The molecule has 0 N–H and O–H groups in total. The number of hydrogen-bond donors (Lipinski definition) is 0. The van der Waals surface area contributed by atoms with Crippen molar-refractivity contribution in [2.75, 3.05) is 13.1 Å². The lowest BCUT2D eigenvalue weighted by molar-refractivity contribution is -0.131. The maximum absolute atomic E-state index is 12.6. The van der Waals surface area contributed by atoms with Gasteiger partial charge in [0.05, 0.1) is 17.1 Å². The van der Waals surface area contributed by atoms with Gasteiger partial charge in [-0.3, -0.25) is 4.79 Å². The zero-order chi connectivity index (χ0) is 15.7. The van der Waals surface area contributed by atoms with E-state index in [1.807, 2.05) is 38.2 Å². The Morgan fingerprint density at radius 3 is 2.91 bits per heavy atom. The summed E-state index contributed by atoms with van der Waals surface area (Å²) in [5, 5.41) is 1.03. The van der Waals surface area contributed by atoms with Crippen LogP contribution in [0.3, 0.4) is 0 Å². The van der Waals surface area contributed by atoms with E-state index in [0.29, 0.717) is 12.3 Å². The lowest BCUT2D eigenvalue weighted by Crippen LogP contribution is -2.40. The van der Waals surface area contributed by atoms with Crippen molar-refractivity contribution in [3.05, 3.63) is 33.8 Å². The van der Waals surface area contributed by atoms with Gasteiger partial charge < -0.3 is 9.47 Å². The molecular weight excluding hydrogens is 296 g/mol. The lowest BCUT2D eigenvalue weighted by atomic mass is 9.97. The SMILES string of the molecule is Cc1nc(C)c(CC(=O)N2CCC[C@H](c3nccn3C)C2)s1. The van der Waals surface area contributed by atoms with Crippen LogP contribution in [0.5, 0.6) is 0 Å². The van der Waals surface area contributed by atoms with Gasteiger partial charge in [-0.1, -0.05) is 0 Å². The van der Waals surface area contributed by atoms with E-state index in [4.69, 9.17) is 0 Å². The normalized spacial score (nSPS) is 18.7. The molecule has 0 saturated carbocycles. The third-order valence-electron chi connectivity index (χ3n) is 4.31. The third kappa shape index (κ3) is 3.06. The van der Waals surface area contributed by atoms with Gasteiger partial charge in [0.15, 0.2) is 0 Å². The van der Waals surface area contributed by atoms with Gasteiger partial charge in [0.1, 0.15) is 5.82 Å². The molecule has 6 heteroatoms. The number of nitrogens with zero attached hydrogens (tertiary/aromatic N) is 4. The Kier molecular flexibility index (Phi) is 4.29. The molecule has 1 fully saturated rings. The first-order valence-corrected chi connectivity index (χ1v) is 8.54. The van der Waals surface area contributed by atoms with E-state index in [2.05, 4.69) is 14.5 Å². The molecule has 0 spiro atoms. The number of carbonyl (C=O) groups excluding carboxylic acids is 1. The van der Waals surface area contributed by atoms with E-state index in [1.54, 1.807) is 11.3 Å². The average Bonchev–Trinajstić information content (AvgIpc) is 3.05. The van der Waals surface area contributed by atoms with Gasteiger partial charge in [0, 0.05) is 43.3 Å². The first kappa shape index (κ1) is 15.2. The van der Waals surface area contributed by atoms with Crippen molar-refractivity contribution in [1.82, 2.24) is 19.4 Å². The Morgan fingerprint density at radius 1 is 1.45 bits per heavy atom. The fraction of sp³-hybridized carbons (Fsp3) is 0.562. The molecule has 22 heavy (non-hydrogen) atoms. The van der Waals surface area contributed by atoms with Crippen LogP contribution in [0.15, 0.2) is 12.4 Å². The minimum absolute atomic E-state index is 0.214. The molecule has 1 aliphatic heterocycles. The van der Waals surface area contributed by atoms with E-state index >= 15 is 0 Å². The number of amides is 1. The Hall–Kier alpha value is -1.69. The smallest absolute Gasteiger partial charge is 0.227 e. The van der Waals surface area contributed by atoms with E-state index in [1.165, 1.54) is 0 Å². The molecule has 1 amide bonds.